The van der Waals surface area contributed by atoms with Crippen molar-refractivity contribution in [1.82, 2.24) is 10.2 Å². The summed E-state index contributed by atoms with van der Waals surface area (Å²) in [7, 11) is 0. The number of hydrogen-bond donors (Lipinski definition) is 2. The largest absolute Gasteiger partial charge is 0.392 e. The molecule has 1 saturated carbocycles. The van der Waals surface area contributed by atoms with E-state index in [4.69, 9.17) is 0 Å². The molecule has 4 atom stereocenters. The maximum atomic E-state index is 9.97. The number of rotatable bonds is 5. The third kappa shape index (κ3) is 3.69. The number of hydrogen-bond acceptors (Lipinski definition) is 3. The van der Waals surface area contributed by atoms with Gasteiger partial charge in [-0.15, -0.1) is 0 Å². The minimum Gasteiger partial charge on any atom is -0.392 e. The number of nitrogens with zero attached hydrogens (tertiary/aromatic N) is 1. The molecule has 0 amide bonds. The summed E-state index contributed by atoms with van der Waals surface area (Å²) in [5.41, 5.74) is 0. The summed E-state index contributed by atoms with van der Waals surface area (Å²) in [5, 5.41) is 13.7. The molecule has 3 nitrogen and oxygen atoms in total. The van der Waals surface area contributed by atoms with Crippen LogP contribution in [0.5, 0.6) is 0 Å². The Morgan fingerprint density at radius 2 is 2.11 bits per heavy atom. The Balaban J connectivity index is 1.77. The lowest BCUT2D eigenvalue weighted by molar-refractivity contribution is 0.0216. The van der Waals surface area contributed by atoms with Crippen LogP contribution in [0, 0.1) is 11.8 Å². The molecule has 0 aromatic rings. The van der Waals surface area contributed by atoms with Gasteiger partial charge in [0.25, 0.3) is 0 Å². The molecule has 0 bridgehead atoms. The molecule has 1 aliphatic heterocycles. The molecule has 0 radical (unpaired) electrons. The average Bonchev–Trinajstić information content (AvgIpc) is 2.79. The van der Waals surface area contributed by atoms with Gasteiger partial charge >= 0.3 is 0 Å². The van der Waals surface area contributed by atoms with Gasteiger partial charge < -0.3 is 15.3 Å². The summed E-state index contributed by atoms with van der Waals surface area (Å²) in [5.74, 6) is 1.29. The van der Waals surface area contributed by atoms with E-state index in [0.29, 0.717) is 5.92 Å². The Morgan fingerprint density at radius 3 is 2.83 bits per heavy atom. The van der Waals surface area contributed by atoms with Crippen LogP contribution < -0.4 is 5.32 Å². The molecular weight excluding hydrogens is 224 g/mol. The van der Waals surface area contributed by atoms with E-state index in [2.05, 4.69) is 24.1 Å². The number of aliphatic hydroxyl groups is 1. The predicted octanol–water partition coefficient (Wildman–Crippen LogP) is 1.86. The second kappa shape index (κ2) is 6.88. The van der Waals surface area contributed by atoms with Crippen LogP contribution >= 0.6 is 0 Å². The number of nitrogens with one attached hydrogen (secondary N) is 1. The van der Waals surface area contributed by atoms with Gasteiger partial charge in [0, 0.05) is 19.1 Å². The summed E-state index contributed by atoms with van der Waals surface area (Å²) < 4.78 is 0. The number of likely N-dealkylation sites (tertiary alicyclic amines) is 1. The first-order chi connectivity index (χ1) is 8.70. The lowest BCUT2D eigenvalue weighted by Crippen LogP contribution is -2.47. The van der Waals surface area contributed by atoms with Crippen molar-refractivity contribution in [2.24, 2.45) is 11.8 Å². The fourth-order valence-corrected chi connectivity index (χ4v) is 3.47. The van der Waals surface area contributed by atoms with Gasteiger partial charge in [-0.1, -0.05) is 20.3 Å². The summed E-state index contributed by atoms with van der Waals surface area (Å²) in [6, 6.07) is 0.724. The van der Waals surface area contributed by atoms with Crippen molar-refractivity contribution in [3.8, 4) is 0 Å². The van der Waals surface area contributed by atoms with Gasteiger partial charge in [0.05, 0.1) is 6.10 Å². The maximum Gasteiger partial charge on any atom is 0.0693 e. The highest BCUT2D eigenvalue weighted by molar-refractivity contribution is 4.87. The van der Waals surface area contributed by atoms with Crippen molar-refractivity contribution >= 4 is 0 Å². The lowest BCUT2D eigenvalue weighted by atomic mass is 9.94. The molecule has 1 heterocycles. The van der Waals surface area contributed by atoms with Crippen molar-refractivity contribution in [2.75, 3.05) is 26.2 Å². The second-order valence-electron chi connectivity index (χ2n) is 6.34. The Bertz CT molecular complexity index is 247. The molecule has 1 aliphatic carbocycles. The van der Waals surface area contributed by atoms with E-state index < -0.39 is 0 Å². The van der Waals surface area contributed by atoms with Crippen LogP contribution in [0.15, 0.2) is 0 Å². The highest BCUT2D eigenvalue weighted by Crippen LogP contribution is 2.28. The van der Waals surface area contributed by atoms with Crippen molar-refractivity contribution in [3.05, 3.63) is 0 Å². The maximum absolute atomic E-state index is 9.97. The van der Waals surface area contributed by atoms with Gasteiger partial charge in [0.15, 0.2) is 0 Å². The topological polar surface area (TPSA) is 35.5 Å². The van der Waals surface area contributed by atoms with Gasteiger partial charge in [0.1, 0.15) is 0 Å². The smallest absolute Gasteiger partial charge is 0.0693 e. The molecule has 4 unspecified atom stereocenters. The van der Waals surface area contributed by atoms with Gasteiger partial charge in [-0.05, 0) is 50.6 Å². The van der Waals surface area contributed by atoms with Gasteiger partial charge in [-0.2, -0.15) is 0 Å². The molecule has 0 aromatic carbocycles. The van der Waals surface area contributed by atoms with E-state index in [9.17, 15) is 5.11 Å². The molecule has 2 aliphatic rings. The third-order valence-corrected chi connectivity index (χ3v) is 4.81. The number of aliphatic hydroxyl groups excluding tert-OH is 1. The molecule has 2 fully saturated rings. The van der Waals surface area contributed by atoms with Gasteiger partial charge in [0.2, 0.25) is 0 Å². The molecule has 0 aromatic heterocycles. The summed E-state index contributed by atoms with van der Waals surface area (Å²) in [6.07, 6.45) is 6.35. The zero-order valence-electron chi connectivity index (χ0n) is 12.1. The minimum absolute atomic E-state index is 0.109. The zero-order chi connectivity index (χ0) is 13.0. The first kappa shape index (κ1) is 14.3. The van der Waals surface area contributed by atoms with E-state index in [0.717, 1.165) is 31.5 Å². The summed E-state index contributed by atoms with van der Waals surface area (Å²) >= 11 is 0. The van der Waals surface area contributed by atoms with Gasteiger partial charge in [-0.3, -0.25) is 0 Å². The normalized spacial score (nSPS) is 38.2. The van der Waals surface area contributed by atoms with Crippen LogP contribution in [0.3, 0.4) is 0 Å². The highest BCUT2D eigenvalue weighted by Gasteiger charge is 2.31. The monoisotopic (exact) mass is 254 g/mol. The Hall–Kier alpha value is -0.120. The summed E-state index contributed by atoms with van der Waals surface area (Å²) in [4.78, 5) is 2.49. The standard InChI is InChI=1S/C15H30N2O/c1-3-8-16-14-6-4-5-13(14)10-17-9-7-12(2)15(18)11-17/h12-16,18H,3-11H2,1-2H3. The van der Waals surface area contributed by atoms with Crippen LogP contribution in [0.1, 0.15) is 46.0 Å². The fourth-order valence-electron chi connectivity index (χ4n) is 3.47. The van der Waals surface area contributed by atoms with Crippen LogP contribution in [0.4, 0.5) is 0 Å². The number of β-amino-alcohol motifs (C(OH)–C–C–N with tert-alkyl or cyclic N) is 1. The van der Waals surface area contributed by atoms with Crippen molar-refractivity contribution in [3.63, 3.8) is 0 Å². The SMILES string of the molecule is CCCNC1CCCC1CN1CCC(C)C(O)C1. The van der Waals surface area contributed by atoms with E-state index >= 15 is 0 Å². The predicted molar refractivity (Wildman–Crippen MR) is 75.7 cm³/mol. The van der Waals surface area contributed by atoms with Crippen molar-refractivity contribution in [2.45, 2.75) is 58.1 Å². The number of piperidine rings is 1. The molecule has 2 rings (SSSR count). The Morgan fingerprint density at radius 1 is 1.28 bits per heavy atom. The third-order valence-electron chi connectivity index (χ3n) is 4.81. The van der Waals surface area contributed by atoms with E-state index in [1.54, 1.807) is 0 Å². The molecule has 0 spiro atoms. The van der Waals surface area contributed by atoms with Crippen LogP contribution in [0.25, 0.3) is 0 Å². The van der Waals surface area contributed by atoms with Gasteiger partial charge in [-0.25, -0.2) is 0 Å². The van der Waals surface area contributed by atoms with Crippen LogP contribution in [-0.4, -0.2) is 48.3 Å². The molecule has 3 heteroatoms. The molecule has 1 saturated heterocycles. The molecular formula is C15H30N2O. The van der Waals surface area contributed by atoms with E-state index in [-0.39, 0.29) is 6.10 Å². The quantitative estimate of drug-likeness (QED) is 0.786. The minimum atomic E-state index is -0.109. The second-order valence-corrected chi connectivity index (χ2v) is 6.34. The average molecular weight is 254 g/mol. The van der Waals surface area contributed by atoms with E-state index in [1.807, 2.05) is 0 Å². The van der Waals surface area contributed by atoms with Crippen LogP contribution in [0.2, 0.25) is 0 Å². The van der Waals surface area contributed by atoms with E-state index in [1.165, 1.54) is 38.8 Å². The first-order valence-electron chi connectivity index (χ1n) is 7.84. The zero-order valence-corrected chi connectivity index (χ0v) is 12.1. The van der Waals surface area contributed by atoms with Crippen molar-refractivity contribution < 1.29 is 5.11 Å². The molecule has 18 heavy (non-hydrogen) atoms. The first-order valence-corrected chi connectivity index (χ1v) is 7.84. The summed E-state index contributed by atoms with van der Waals surface area (Å²) in [6.45, 7) is 8.81. The fraction of sp³-hybridized carbons (Fsp3) is 1.00. The highest BCUT2D eigenvalue weighted by atomic mass is 16.3. The Kier molecular flexibility index (Phi) is 5.46. The van der Waals surface area contributed by atoms with Crippen LogP contribution in [-0.2, 0) is 0 Å². The Labute approximate surface area is 112 Å². The lowest BCUT2D eigenvalue weighted by Gasteiger charge is -2.36. The molecule has 106 valence electrons. The van der Waals surface area contributed by atoms with Crippen molar-refractivity contribution in [1.29, 1.82) is 0 Å². The molecule has 2 N–H and O–H groups in total.